The molecule has 0 aliphatic rings. The van der Waals surface area contributed by atoms with Crippen molar-refractivity contribution < 1.29 is 0 Å². The summed E-state index contributed by atoms with van der Waals surface area (Å²) in [5.74, 6) is 0.578. The van der Waals surface area contributed by atoms with Crippen molar-refractivity contribution in [1.29, 1.82) is 0 Å². The third-order valence-corrected chi connectivity index (χ3v) is 4.42. The lowest BCUT2D eigenvalue weighted by Crippen LogP contribution is -1.98. The molecule has 0 saturated carbocycles. The molecule has 3 rings (SSSR count). The number of aromatic nitrogens is 3. The van der Waals surface area contributed by atoms with Gasteiger partial charge in [-0.25, -0.2) is 0 Å². The molecule has 106 valence electrons. The van der Waals surface area contributed by atoms with Gasteiger partial charge >= 0.3 is 0 Å². The number of nitrogen functional groups attached to an aromatic ring is 1. The van der Waals surface area contributed by atoms with Gasteiger partial charge in [-0.2, -0.15) is 5.10 Å². The average molecular weight is 364 g/mol. The van der Waals surface area contributed by atoms with E-state index < -0.39 is 0 Å². The van der Waals surface area contributed by atoms with E-state index in [0.717, 1.165) is 27.0 Å². The molecule has 0 saturated heterocycles. The predicted octanol–water partition coefficient (Wildman–Crippen LogP) is 4.15. The van der Waals surface area contributed by atoms with E-state index in [2.05, 4.69) is 26.0 Å². The van der Waals surface area contributed by atoms with Crippen molar-refractivity contribution in [2.75, 3.05) is 5.73 Å². The number of pyridine rings is 1. The van der Waals surface area contributed by atoms with E-state index in [0.29, 0.717) is 10.8 Å². The second-order valence-electron chi connectivity index (χ2n) is 4.58. The van der Waals surface area contributed by atoms with Gasteiger partial charge in [0.15, 0.2) is 0 Å². The fraction of sp³-hybridized carbons (Fsp3) is 0.0667. The third-order valence-electron chi connectivity index (χ3n) is 3.21. The Morgan fingerprint density at radius 1 is 1.24 bits per heavy atom. The van der Waals surface area contributed by atoms with Crippen LogP contribution in [0, 0.1) is 0 Å². The monoisotopic (exact) mass is 362 g/mol. The van der Waals surface area contributed by atoms with E-state index in [1.54, 1.807) is 10.9 Å². The Hall–Kier alpha value is -1.85. The third kappa shape index (κ3) is 2.54. The van der Waals surface area contributed by atoms with Gasteiger partial charge in [0.2, 0.25) is 0 Å². The zero-order valence-electron chi connectivity index (χ0n) is 11.2. The molecule has 2 aromatic heterocycles. The van der Waals surface area contributed by atoms with Crippen LogP contribution in [0.5, 0.6) is 0 Å². The molecule has 6 heteroatoms. The van der Waals surface area contributed by atoms with Crippen LogP contribution < -0.4 is 5.73 Å². The van der Waals surface area contributed by atoms with Crippen molar-refractivity contribution >= 4 is 33.3 Å². The maximum atomic E-state index is 6.16. The van der Waals surface area contributed by atoms with Gasteiger partial charge in [0.25, 0.3) is 0 Å². The quantitative estimate of drug-likeness (QED) is 0.744. The molecule has 4 nitrogen and oxygen atoms in total. The van der Waals surface area contributed by atoms with Gasteiger partial charge in [0, 0.05) is 23.3 Å². The van der Waals surface area contributed by atoms with E-state index in [-0.39, 0.29) is 0 Å². The van der Waals surface area contributed by atoms with Crippen LogP contribution in [0.4, 0.5) is 5.82 Å². The maximum Gasteiger partial charge on any atom is 0.131 e. The Labute approximate surface area is 135 Å². The summed E-state index contributed by atoms with van der Waals surface area (Å²) < 4.78 is 2.47. The van der Waals surface area contributed by atoms with E-state index in [1.165, 1.54) is 0 Å². The second-order valence-corrected chi connectivity index (χ2v) is 5.84. The molecular formula is C15H12BrClN4. The number of nitrogens with zero attached hydrogens (tertiary/aromatic N) is 3. The lowest BCUT2D eigenvalue weighted by atomic mass is 10.0. The Kier molecular flexibility index (Phi) is 3.69. The molecule has 0 aliphatic carbocycles. The molecule has 21 heavy (non-hydrogen) atoms. The van der Waals surface area contributed by atoms with Crippen molar-refractivity contribution in [2.24, 2.45) is 7.05 Å². The molecule has 1 aromatic carbocycles. The van der Waals surface area contributed by atoms with Crippen LogP contribution in [0.3, 0.4) is 0 Å². The molecule has 0 unspecified atom stereocenters. The molecule has 0 atom stereocenters. The molecular weight excluding hydrogens is 352 g/mol. The van der Waals surface area contributed by atoms with E-state index >= 15 is 0 Å². The van der Waals surface area contributed by atoms with Gasteiger partial charge < -0.3 is 5.73 Å². The van der Waals surface area contributed by atoms with Gasteiger partial charge in [0.05, 0.1) is 16.3 Å². The molecule has 0 aliphatic heterocycles. The maximum absolute atomic E-state index is 6.16. The highest BCUT2D eigenvalue weighted by Crippen LogP contribution is 2.36. The minimum Gasteiger partial charge on any atom is -0.383 e. The highest BCUT2D eigenvalue weighted by molar-refractivity contribution is 9.10. The van der Waals surface area contributed by atoms with Crippen molar-refractivity contribution in [3.63, 3.8) is 0 Å². The van der Waals surface area contributed by atoms with Crippen LogP contribution in [0.1, 0.15) is 0 Å². The smallest absolute Gasteiger partial charge is 0.131 e. The van der Waals surface area contributed by atoms with Crippen molar-refractivity contribution in [3.8, 4) is 22.5 Å². The van der Waals surface area contributed by atoms with Crippen molar-refractivity contribution in [3.05, 3.63) is 52.1 Å². The number of hydrogen-bond donors (Lipinski definition) is 1. The van der Waals surface area contributed by atoms with Gasteiger partial charge in [0.1, 0.15) is 11.5 Å². The number of nitrogens with two attached hydrogens (primary N) is 1. The summed E-state index contributed by atoms with van der Waals surface area (Å²) in [6.45, 7) is 0. The highest BCUT2D eigenvalue weighted by atomic mass is 79.9. The van der Waals surface area contributed by atoms with Gasteiger partial charge in [-0.15, -0.1) is 0 Å². The first-order chi connectivity index (χ1) is 10.1. The molecule has 0 spiro atoms. The number of anilines is 1. The number of hydrogen-bond acceptors (Lipinski definition) is 3. The Bertz CT molecular complexity index is 799. The molecule has 0 fully saturated rings. The first-order valence-electron chi connectivity index (χ1n) is 6.27. The molecule has 3 aromatic rings. The summed E-state index contributed by atoms with van der Waals surface area (Å²) in [5.41, 5.74) is 9.50. The van der Waals surface area contributed by atoms with Crippen LogP contribution in [-0.4, -0.2) is 14.8 Å². The Morgan fingerprint density at radius 3 is 2.71 bits per heavy atom. The van der Waals surface area contributed by atoms with Gasteiger partial charge in [-0.05, 0) is 40.2 Å². The average Bonchev–Trinajstić information content (AvgIpc) is 2.79. The minimum absolute atomic E-state index is 0.578. The number of aryl methyl sites for hydroxylation is 1. The zero-order valence-corrected chi connectivity index (χ0v) is 13.6. The van der Waals surface area contributed by atoms with Crippen LogP contribution in [0.2, 0.25) is 5.02 Å². The highest BCUT2D eigenvalue weighted by Gasteiger charge is 2.18. The van der Waals surface area contributed by atoms with Crippen molar-refractivity contribution in [2.45, 2.75) is 0 Å². The summed E-state index contributed by atoms with van der Waals surface area (Å²) in [5, 5.41) is 5.17. The minimum atomic E-state index is 0.578. The normalized spacial score (nSPS) is 10.8. The molecule has 2 N–H and O–H groups in total. The van der Waals surface area contributed by atoms with Crippen LogP contribution in [-0.2, 0) is 7.05 Å². The summed E-state index contributed by atoms with van der Waals surface area (Å²) in [4.78, 5) is 4.38. The lowest BCUT2D eigenvalue weighted by Gasteiger charge is -2.04. The largest absolute Gasteiger partial charge is 0.383 e. The summed E-state index contributed by atoms with van der Waals surface area (Å²) in [6, 6.07) is 11.4. The van der Waals surface area contributed by atoms with E-state index in [4.69, 9.17) is 17.3 Å². The Morgan fingerprint density at radius 2 is 2.05 bits per heavy atom. The topological polar surface area (TPSA) is 56.7 Å². The molecule has 0 radical (unpaired) electrons. The zero-order chi connectivity index (χ0) is 15.0. The standard InChI is InChI=1S/C15H12BrClN4/c1-21-15(18)13(12-4-2-3-7-19-12)14(20-21)9-5-6-11(17)10(16)8-9/h2-8H,18H2,1H3. The molecule has 0 amide bonds. The number of rotatable bonds is 2. The van der Waals surface area contributed by atoms with Crippen molar-refractivity contribution in [1.82, 2.24) is 14.8 Å². The summed E-state index contributed by atoms with van der Waals surface area (Å²) in [6.07, 6.45) is 1.74. The van der Waals surface area contributed by atoms with E-state index in [1.807, 2.05) is 43.4 Å². The first-order valence-corrected chi connectivity index (χ1v) is 7.44. The summed E-state index contributed by atoms with van der Waals surface area (Å²) >= 11 is 9.49. The van der Waals surface area contributed by atoms with Crippen LogP contribution in [0.15, 0.2) is 47.1 Å². The SMILES string of the molecule is Cn1nc(-c2ccc(Cl)c(Br)c2)c(-c2ccccn2)c1N. The second kappa shape index (κ2) is 5.50. The molecule has 2 heterocycles. The lowest BCUT2D eigenvalue weighted by molar-refractivity contribution is 0.782. The van der Waals surface area contributed by atoms with Gasteiger partial charge in [-0.1, -0.05) is 23.7 Å². The molecule has 0 bridgehead atoms. The Balaban J connectivity index is 2.24. The fourth-order valence-corrected chi connectivity index (χ4v) is 2.64. The van der Waals surface area contributed by atoms with E-state index in [9.17, 15) is 0 Å². The fourth-order valence-electron chi connectivity index (χ4n) is 2.15. The number of benzene rings is 1. The predicted molar refractivity (Wildman–Crippen MR) is 89.0 cm³/mol. The van der Waals surface area contributed by atoms with Crippen LogP contribution in [0.25, 0.3) is 22.5 Å². The first kappa shape index (κ1) is 14.1. The summed E-state index contributed by atoms with van der Waals surface area (Å²) in [7, 11) is 1.82. The number of halogens is 2. The van der Waals surface area contributed by atoms with Crippen LogP contribution >= 0.6 is 27.5 Å². The van der Waals surface area contributed by atoms with Gasteiger partial charge in [-0.3, -0.25) is 9.67 Å².